The summed E-state index contributed by atoms with van der Waals surface area (Å²) in [5.41, 5.74) is 0. The minimum atomic E-state index is -1.37. The summed E-state index contributed by atoms with van der Waals surface area (Å²) in [6, 6.07) is 22.0. The minimum absolute atomic E-state index is 0.0426. The average Bonchev–Trinajstić information content (AvgIpc) is 2.50. The van der Waals surface area contributed by atoms with E-state index in [2.05, 4.69) is 67.6 Å². The lowest BCUT2D eigenvalue weighted by Gasteiger charge is -2.40. The molecular weight excluding hydrogens is 260 g/mol. The molecule has 0 saturated carbocycles. The second-order valence-corrected chi connectivity index (χ2v) is 9.29. The van der Waals surface area contributed by atoms with E-state index in [1.54, 1.807) is 0 Å². The van der Waals surface area contributed by atoms with E-state index in [-0.39, 0.29) is 5.22 Å². The molecule has 2 aromatic rings. The van der Waals surface area contributed by atoms with E-state index in [1.165, 1.54) is 29.6 Å². The lowest BCUT2D eigenvalue weighted by atomic mass is 10.1. The molecule has 104 valence electrons. The molecule has 2 heteroatoms. The Kier molecular flexibility index (Phi) is 4.04. The van der Waals surface area contributed by atoms with Crippen LogP contribution in [-0.2, 0) is 4.74 Å². The molecule has 0 radical (unpaired) electrons. The molecule has 1 aliphatic rings. The molecule has 0 bridgehead atoms. The molecule has 1 atom stereocenters. The molecule has 1 heterocycles. The van der Waals surface area contributed by atoms with E-state index < -0.39 is 8.80 Å². The van der Waals surface area contributed by atoms with Crippen LogP contribution in [0.3, 0.4) is 0 Å². The molecule has 20 heavy (non-hydrogen) atoms. The second-order valence-electron chi connectivity index (χ2n) is 5.87. The van der Waals surface area contributed by atoms with Crippen molar-refractivity contribution in [2.24, 2.45) is 0 Å². The van der Waals surface area contributed by atoms with Gasteiger partial charge in [0.15, 0.2) is 0 Å². The summed E-state index contributed by atoms with van der Waals surface area (Å²) in [5.74, 6) is 0. The first-order chi connectivity index (χ1) is 9.80. The van der Waals surface area contributed by atoms with Crippen molar-refractivity contribution in [1.29, 1.82) is 0 Å². The number of hydrogen-bond acceptors (Lipinski definition) is 1. The summed E-state index contributed by atoms with van der Waals surface area (Å²) in [6.07, 6.45) is 3.69. The van der Waals surface area contributed by atoms with E-state index in [0.29, 0.717) is 0 Å². The highest BCUT2D eigenvalue weighted by atomic mass is 28.3. The molecule has 0 amide bonds. The Bertz CT molecular complexity index is 492. The highest BCUT2D eigenvalue weighted by Crippen LogP contribution is 2.27. The van der Waals surface area contributed by atoms with Gasteiger partial charge in [0.1, 0.15) is 8.80 Å². The molecule has 2 aromatic carbocycles. The van der Waals surface area contributed by atoms with E-state index in [4.69, 9.17) is 4.74 Å². The molecule has 0 N–H and O–H groups in total. The van der Waals surface area contributed by atoms with E-state index in [0.717, 1.165) is 6.61 Å². The van der Waals surface area contributed by atoms with Gasteiger partial charge in [-0.15, -0.1) is 0 Å². The van der Waals surface area contributed by atoms with Gasteiger partial charge in [-0.1, -0.05) is 71.0 Å². The smallest absolute Gasteiger partial charge is 0.138 e. The molecule has 0 aliphatic carbocycles. The second kappa shape index (κ2) is 5.94. The fraction of sp³-hybridized carbons (Fsp3) is 0.333. The first-order valence-electron chi connectivity index (χ1n) is 7.53. The molecule has 1 saturated heterocycles. The molecule has 0 spiro atoms. The van der Waals surface area contributed by atoms with Crippen molar-refractivity contribution in [3.8, 4) is 0 Å². The summed E-state index contributed by atoms with van der Waals surface area (Å²) < 4.78 is 6.30. The lowest BCUT2D eigenvalue weighted by molar-refractivity contribution is -0.00805. The van der Waals surface area contributed by atoms with Crippen molar-refractivity contribution in [3.63, 3.8) is 0 Å². The lowest BCUT2D eigenvalue weighted by Crippen LogP contribution is -2.61. The van der Waals surface area contributed by atoms with Crippen molar-refractivity contribution >= 4 is 19.2 Å². The van der Waals surface area contributed by atoms with Gasteiger partial charge in [-0.3, -0.25) is 0 Å². The standard InChI is InChI=1S/C18H22OSi/c1-18(14-8-9-15-19-18)20(16-10-4-2-5-11-16)17-12-6-3-7-13-17/h2-7,10-13,20H,8-9,14-15H2,1H3. The van der Waals surface area contributed by atoms with Crippen LogP contribution in [0.1, 0.15) is 26.2 Å². The number of benzene rings is 2. The summed E-state index contributed by atoms with van der Waals surface area (Å²) in [7, 11) is -1.37. The van der Waals surface area contributed by atoms with Crippen molar-refractivity contribution < 1.29 is 4.74 Å². The maximum Gasteiger partial charge on any atom is 0.138 e. The number of hydrogen-bond donors (Lipinski definition) is 0. The molecule has 0 aromatic heterocycles. The van der Waals surface area contributed by atoms with Crippen LogP contribution < -0.4 is 10.4 Å². The van der Waals surface area contributed by atoms with Gasteiger partial charge in [0.05, 0.1) is 5.22 Å². The Balaban J connectivity index is 2.04. The fourth-order valence-electron chi connectivity index (χ4n) is 3.37. The van der Waals surface area contributed by atoms with Crippen LogP contribution in [0.2, 0.25) is 0 Å². The minimum Gasteiger partial charge on any atom is -0.378 e. The van der Waals surface area contributed by atoms with Crippen LogP contribution in [-0.4, -0.2) is 20.6 Å². The predicted molar refractivity (Wildman–Crippen MR) is 87.5 cm³/mol. The van der Waals surface area contributed by atoms with Gasteiger partial charge in [-0.05, 0) is 26.2 Å². The number of ether oxygens (including phenoxy) is 1. The molecular formula is C18H22OSi. The van der Waals surface area contributed by atoms with Gasteiger partial charge in [-0.25, -0.2) is 0 Å². The monoisotopic (exact) mass is 282 g/mol. The van der Waals surface area contributed by atoms with E-state index in [1.807, 2.05) is 0 Å². The quantitative estimate of drug-likeness (QED) is 0.786. The first-order valence-corrected chi connectivity index (χ1v) is 9.27. The van der Waals surface area contributed by atoms with Gasteiger partial charge >= 0.3 is 0 Å². The maximum atomic E-state index is 6.30. The summed E-state index contributed by atoms with van der Waals surface area (Å²) in [5, 5.41) is 3.02. The highest BCUT2D eigenvalue weighted by Gasteiger charge is 2.39. The summed E-state index contributed by atoms with van der Waals surface area (Å²) in [6.45, 7) is 3.25. The van der Waals surface area contributed by atoms with Crippen molar-refractivity contribution in [2.75, 3.05) is 6.61 Å². The van der Waals surface area contributed by atoms with Gasteiger partial charge in [0.2, 0.25) is 0 Å². The molecule has 1 fully saturated rings. The Morgan fingerprint density at radius 2 is 1.40 bits per heavy atom. The van der Waals surface area contributed by atoms with Crippen molar-refractivity contribution in [2.45, 2.75) is 31.4 Å². The Morgan fingerprint density at radius 3 is 1.85 bits per heavy atom. The van der Waals surface area contributed by atoms with Gasteiger partial charge in [0.25, 0.3) is 0 Å². The largest absolute Gasteiger partial charge is 0.378 e. The first kappa shape index (κ1) is 13.6. The fourth-order valence-corrected chi connectivity index (χ4v) is 7.16. The van der Waals surface area contributed by atoms with E-state index in [9.17, 15) is 0 Å². The zero-order valence-corrected chi connectivity index (χ0v) is 13.2. The highest BCUT2D eigenvalue weighted by molar-refractivity contribution is 6.87. The van der Waals surface area contributed by atoms with Crippen LogP contribution in [0.4, 0.5) is 0 Å². The topological polar surface area (TPSA) is 9.23 Å². The van der Waals surface area contributed by atoms with Crippen molar-refractivity contribution in [1.82, 2.24) is 0 Å². The molecule has 3 rings (SSSR count). The zero-order valence-electron chi connectivity index (χ0n) is 12.1. The Morgan fingerprint density at radius 1 is 0.850 bits per heavy atom. The summed E-state index contributed by atoms with van der Waals surface area (Å²) in [4.78, 5) is 0. The van der Waals surface area contributed by atoms with Crippen LogP contribution in [0, 0.1) is 0 Å². The Labute approximate surface area is 123 Å². The Hall–Kier alpha value is -1.38. The third kappa shape index (κ3) is 2.72. The van der Waals surface area contributed by atoms with Gasteiger partial charge in [-0.2, -0.15) is 0 Å². The molecule has 1 aliphatic heterocycles. The van der Waals surface area contributed by atoms with Crippen LogP contribution in [0.25, 0.3) is 0 Å². The third-order valence-corrected chi connectivity index (χ3v) is 8.16. The summed E-state index contributed by atoms with van der Waals surface area (Å²) >= 11 is 0. The van der Waals surface area contributed by atoms with Crippen LogP contribution >= 0.6 is 0 Å². The number of rotatable bonds is 3. The average molecular weight is 282 g/mol. The van der Waals surface area contributed by atoms with E-state index >= 15 is 0 Å². The van der Waals surface area contributed by atoms with Gasteiger partial charge in [0, 0.05) is 6.61 Å². The normalized spacial score (nSPS) is 22.9. The van der Waals surface area contributed by atoms with Crippen LogP contribution in [0.15, 0.2) is 60.7 Å². The SMILES string of the molecule is CC1([SiH](c2ccccc2)c2ccccc2)CCCCO1. The predicted octanol–water partition coefficient (Wildman–Crippen LogP) is 2.53. The molecule has 1 unspecified atom stereocenters. The maximum absolute atomic E-state index is 6.30. The van der Waals surface area contributed by atoms with Crippen LogP contribution in [0.5, 0.6) is 0 Å². The zero-order chi connectivity index (χ0) is 13.8. The molecule has 1 nitrogen and oxygen atoms in total. The third-order valence-electron chi connectivity index (χ3n) is 4.38. The van der Waals surface area contributed by atoms with Crippen molar-refractivity contribution in [3.05, 3.63) is 60.7 Å². The van der Waals surface area contributed by atoms with Gasteiger partial charge < -0.3 is 4.74 Å².